The molecule has 0 saturated heterocycles. The second-order valence-electron chi connectivity index (χ2n) is 19.6. The number of pyridine rings is 2. The third kappa shape index (κ3) is 7.18. The number of aromatic nitrogens is 4. The molecule has 4 nitrogen and oxygen atoms in total. The number of benzene rings is 10. The lowest BCUT2D eigenvalue weighted by Gasteiger charge is -2.37. The first-order chi connectivity index (χ1) is 37.7. The van der Waals surface area contributed by atoms with E-state index in [9.17, 15) is 0 Å². The summed E-state index contributed by atoms with van der Waals surface area (Å²) in [6, 6.07) is 112. The molecule has 10 aromatic carbocycles. The maximum absolute atomic E-state index is 6.37. The van der Waals surface area contributed by atoms with Crippen LogP contribution in [0.2, 0.25) is 0 Å². The number of nitrogens with zero attached hydrogens (tertiary/aromatic N) is 4. The standard InChI is InChI=1S/C70H50N4Si2/c1-7-27-53(28-8-1)75(54-29-9-2-10-30-54,55-31-11-3-12-32-55)69-49-52(50-70(72-69)76(56-33-13-4-14-34-56,57-35-15-5-16-36-57)58-37-17-6-18-38-58)51-47-67(73-63-43-23-19-39-59(63)60-40-20-24-44-64(60)73)71-68(48-51)74-65-45-25-21-41-61(65)62-42-22-26-46-66(62)74/h1-50H. The molecule has 6 heteroatoms. The van der Waals surface area contributed by atoms with Crippen LogP contribution in [0.25, 0.3) is 66.4 Å². The molecule has 0 saturated carbocycles. The summed E-state index contributed by atoms with van der Waals surface area (Å²) in [5, 5.41) is 14.5. The van der Waals surface area contributed by atoms with Gasteiger partial charge in [-0.2, -0.15) is 0 Å². The highest BCUT2D eigenvalue weighted by Crippen LogP contribution is 2.36. The number of hydrogen-bond acceptors (Lipinski definition) is 2. The zero-order valence-electron chi connectivity index (χ0n) is 41.7. The van der Waals surface area contributed by atoms with Crippen molar-refractivity contribution in [3.63, 3.8) is 0 Å². The fourth-order valence-electron chi connectivity index (χ4n) is 12.3. The predicted octanol–water partition coefficient (Wildman–Crippen LogP) is 11.1. The van der Waals surface area contributed by atoms with Crippen molar-refractivity contribution in [1.29, 1.82) is 0 Å². The molecule has 0 bridgehead atoms. The molecule has 14 aromatic rings. The highest BCUT2D eigenvalue weighted by Gasteiger charge is 2.47. The van der Waals surface area contributed by atoms with Crippen molar-refractivity contribution in [2.45, 2.75) is 0 Å². The largest absolute Gasteiger partial charge is 0.294 e. The van der Waals surface area contributed by atoms with E-state index < -0.39 is 16.1 Å². The smallest absolute Gasteiger partial charge is 0.201 e. The third-order valence-electron chi connectivity index (χ3n) is 15.6. The minimum Gasteiger partial charge on any atom is -0.294 e. The van der Waals surface area contributed by atoms with Gasteiger partial charge in [-0.3, -0.25) is 14.1 Å². The van der Waals surface area contributed by atoms with E-state index in [0.717, 1.165) is 55.5 Å². The Morgan fingerprint density at radius 3 is 0.711 bits per heavy atom. The normalized spacial score (nSPS) is 11.9. The molecular weight excluding hydrogens is 953 g/mol. The van der Waals surface area contributed by atoms with Gasteiger partial charge in [-0.25, -0.2) is 4.98 Å². The molecule has 0 amide bonds. The van der Waals surface area contributed by atoms with Crippen molar-refractivity contribution in [2.24, 2.45) is 0 Å². The molecule has 4 aromatic heterocycles. The summed E-state index contributed by atoms with van der Waals surface area (Å²) in [5.41, 5.74) is 6.53. The fourth-order valence-corrected chi connectivity index (χ4v) is 21.7. The summed E-state index contributed by atoms with van der Waals surface area (Å²) < 4.78 is 4.73. The Bertz CT molecular complexity index is 3810. The average molecular weight is 1000 g/mol. The Balaban J connectivity index is 1.18. The van der Waals surface area contributed by atoms with Crippen LogP contribution in [0.15, 0.2) is 303 Å². The Hall–Kier alpha value is -9.47. The summed E-state index contributed by atoms with van der Waals surface area (Å²) in [7, 11) is -6.54. The van der Waals surface area contributed by atoms with Crippen LogP contribution < -0.4 is 41.8 Å². The number of para-hydroxylation sites is 4. The van der Waals surface area contributed by atoms with E-state index in [1.54, 1.807) is 0 Å². The van der Waals surface area contributed by atoms with E-state index in [0.29, 0.717) is 0 Å². The van der Waals surface area contributed by atoms with Gasteiger partial charge in [0, 0.05) is 32.2 Å². The van der Waals surface area contributed by atoms with Gasteiger partial charge in [-0.05, 0) is 90.8 Å². The van der Waals surface area contributed by atoms with Gasteiger partial charge >= 0.3 is 0 Å². The first-order valence-corrected chi connectivity index (χ1v) is 30.1. The van der Waals surface area contributed by atoms with Gasteiger partial charge in [0.25, 0.3) is 0 Å². The van der Waals surface area contributed by atoms with Crippen molar-refractivity contribution in [3.8, 4) is 22.8 Å². The molecule has 0 fully saturated rings. The Morgan fingerprint density at radius 1 is 0.224 bits per heavy atom. The van der Waals surface area contributed by atoms with Crippen molar-refractivity contribution < 1.29 is 0 Å². The Kier molecular flexibility index (Phi) is 11.2. The summed E-state index contributed by atoms with van der Waals surface area (Å²) >= 11 is 0. The molecule has 0 unspecified atom stereocenters. The second-order valence-corrected chi connectivity index (χ2v) is 27.1. The Labute approximate surface area is 444 Å². The van der Waals surface area contributed by atoms with Gasteiger partial charge in [0.2, 0.25) is 16.1 Å². The molecule has 0 aliphatic heterocycles. The van der Waals surface area contributed by atoms with E-state index in [-0.39, 0.29) is 0 Å². The van der Waals surface area contributed by atoms with Crippen molar-refractivity contribution in [2.75, 3.05) is 0 Å². The van der Waals surface area contributed by atoms with Gasteiger partial charge in [0.15, 0.2) is 0 Å². The maximum Gasteiger partial charge on any atom is 0.201 e. The molecule has 0 radical (unpaired) electrons. The van der Waals surface area contributed by atoms with Crippen LogP contribution in [-0.4, -0.2) is 35.2 Å². The van der Waals surface area contributed by atoms with Gasteiger partial charge in [-0.1, -0.05) is 255 Å². The summed E-state index contributed by atoms with van der Waals surface area (Å²) in [5.74, 6) is 1.67. The molecule has 0 N–H and O–H groups in total. The minimum absolute atomic E-state index is 0.835. The lowest BCUT2D eigenvalue weighted by molar-refractivity contribution is 1.01. The third-order valence-corrected chi connectivity index (χ3v) is 24.8. The number of fused-ring (bicyclic) bond motifs is 6. The van der Waals surface area contributed by atoms with Gasteiger partial charge in [0.05, 0.1) is 22.1 Å². The molecule has 0 spiro atoms. The molecule has 0 aliphatic rings. The van der Waals surface area contributed by atoms with E-state index in [1.165, 1.54) is 52.7 Å². The van der Waals surface area contributed by atoms with E-state index in [2.05, 4.69) is 312 Å². The topological polar surface area (TPSA) is 35.6 Å². The van der Waals surface area contributed by atoms with Gasteiger partial charge < -0.3 is 0 Å². The SMILES string of the molecule is c1ccc([Si](c2ccccc2)(c2ccccc2)c2cc(-c3cc(-n4c5ccccc5c5ccccc54)nc(-n4c5ccccc5c5ccccc54)c3)cc([Si](c3ccccc3)(c3ccccc3)c3ccccc3)n2)cc1. The summed E-state index contributed by atoms with van der Waals surface area (Å²) in [6.45, 7) is 0. The van der Waals surface area contributed by atoms with Crippen LogP contribution in [0.4, 0.5) is 0 Å². The van der Waals surface area contributed by atoms with E-state index in [4.69, 9.17) is 9.97 Å². The zero-order valence-corrected chi connectivity index (χ0v) is 43.7. The van der Waals surface area contributed by atoms with Crippen LogP contribution in [0, 0.1) is 0 Å². The highest BCUT2D eigenvalue weighted by atomic mass is 28.3. The van der Waals surface area contributed by atoms with E-state index in [1.807, 2.05) is 0 Å². The monoisotopic (exact) mass is 1000 g/mol. The summed E-state index contributed by atoms with van der Waals surface area (Å²) in [4.78, 5) is 12.2. The zero-order chi connectivity index (χ0) is 50.5. The second kappa shape index (κ2) is 18.8. The molecule has 14 rings (SSSR count). The summed E-state index contributed by atoms with van der Waals surface area (Å²) in [6.07, 6.45) is 0. The van der Waals surface area contributed by atoms with Gasteiger partial charge in [0.1, 0.15) is 11.6 Å². The molecule has 0 aliphatic carbocycles. The average Bonchev–Trinajstić information content (AvgIpc) is 4.06. The molecular formula is C70H50N4Si2. The van der Waals surface area contributed by atoms with Gasteiger partial charge in [-0.15, -0.1) is 0 Å². The number of hydrogen-bond donors (Lipinski definition) is 0. The van der Waals surface area contributed by atoms with Crippen molar-refractivity contribution in [1.82, 2.24) is 19.1 Å². The minimum atomic E-state index is -3.27. The van der Waals surface area contributed by atoms with Crippen LogP contribution in [0.3, 0.4) is 0 Å². The van der Waals surface area contributed by atoms with Crippen molar-refractivity contribution in [3.05, 3.63) is 303 Å². The lowest BCUT2D eigenvalue weighted by Crippen LogP contribution is -2.79. The predicted molar refractivity (Wildman–Crippen MR) is 323 cm³/mol. The van der Waals surface area contributed by atoms with Crippen LogP contribution in [0.5, 0.6) is 0 Å². The molecule has 4 heterocycles. The van der Waals surface area contributed by atoms with Crippen LogP contribution in [0.1, 0.15) is 0 Å². The molecule has 76 heavy (non-hydrogen) atoms. The molecule has 0 atom stereocenters. The van der Waals surface area contributed by atoms with Crippen molar-refractivity contribution >= 4 is 102 Å². The molecule has 358 valence electrons. The van der Waals surface area contributed by atoms with Crippen LogP contribution >= 0.6 is 0 Å². The van der Waals surface area contributed by atoms with Crippen LogP contribution in [-0.2, 0) is 0 Å². The highest BCUT2D eigenvalue weighted by molar-refractivity contribution is 7.21. The quantitative estimate of drug-likeness (QED) is 0.0956. The number of rotatable bonds is 11. The maximum atomic E-state index is 6.37. The fraction of sp³-hybridized carbons (Fsp3) is 0. The Morgan fingerprint density at radius 2 is 0.447 bits per heavy atom. The lowest BCUT2D eigenvalue weighted by atomic mass is 10.1. The van der Waals surface area contributed by atoms with E-state index >= 15 is 0 Å². The first kappa shape index (κ1) is 45.2. The first-order valence-electron chi connectivity index (χ1n) is 26.1.